The lowest BCUT2D eigenvalue weighted by atomic mass is 10.2. The minimum absolute atomic E-state index is 0.0142. The summed E-state index contributed by atoms with van der Waals surface area (Å²) in [7, 11) is 0. The summed E-state index contributed by atoms with van der Waals surface area (Å²) < 4.78 is 34.8. The van der Waals surface area contributed by atoms with E-state index < -0.39 is 6.10 Å². The van der Waals surface area contributed by atoms with Crippen LogP contribution in [0.15, 0.2) is 65.8 Å². The van der Waals surface area contributed by atoms with Gasteiger partial charge in [0, 0.05) is 5.56 Å². The van der Waals surface area contributed by atoms with Crippen molar-refractivity contribution in [3.63, 3.8) is 0 Å². The van der Waals surface area contributed by atoms with Crippen LogP contribution in [-0.2, 0) is 17.9 Å². The minimum Gasteiger partial charge on any atom is -0.389 e. The van der Waals surface area contributed by atoms with Crippen LogP contribution in [-0.4, -0.2) is 37.1 Å². The molecular weight excluding hydrogens is 394 g/mol. The lowest BCUT2D eigenvalue weighted by Crippen LogP contribution is -2.29. The van der Waals surface area contributed by atoms with Gasteiger partial charge in [-0.05, 0) is 30.3 Å². The summed E-state index contributed by atoms with van der Waals surface area (Å²) in [5, 5.41) is 14.6. The molecule has 1 N–H and O–H groups in total. The number of hydrogen-bond acceptors (Lipinski definition) is 5. The molecule has 0 radical (unpaired) electrons. The first-order chi connectivity index (χ1) is 14.5. The lowest BCUT2D eigenvalue weighted by Gasteiger charge is -2.13. The smallest absolute Gasteiger partial charge is 0.264 e. The van der Waals surface area contributed by atoms with E-state index >= 15 is 0 Å². The molecule has 1 atom stereocenters. The molecule has 1 unspecified atom stereocenters. The van der Waals surface area contributed by atoms with E-state index in [0.717, 1.165) is 0 Å². The van der Waals surface area contributed by atoms with Gasteiger partial charge in [0.15, 0.2) is 5.65 Å². The van der Waals surface area contributed by atoms with Gasteiger partial charge in [-0.1, -0.05) is 18.2 Å². The van der Waals surface area contributed by atoms with Crippen LogP contribution in [0.25, 0.3) is 16.7 Å². The Hall–Kier alpha value is -3.43. The number of aliphatic hydroxyl groups is 1. The van der Waals surface area contributed by atoms with Crippen molar-refractivity contribution in [2.45, 2.75) is 19.3 Å². The number of fused-ring (bicyclic) bond motifs is 1. The van der Waals surface area contributed by atoms with Crippen molar-refractivity contribution in [1.29, 1.82) is 0 Å². The highest BCUT2D eigenvalue weighted by Gasteiger charge is 2.14. The van der Waals surface area contributed by atoms with Gasteiger partial charge in [-0.2, -0.15) is 5.10 Å². The molecule has 0 spiro atoms. The molecule has 154 valence electrons. The maximum absolute atomic E-state index is 13.6. The van der Waals surface area contributed by atoms with Gasteiger partial charge in [-0.25, -0.2) is 18.4 Å². The number of benzene rings is 2. The molecule has 0 fully saturated rings. The van der Waals surface area contributed by atoms with Crippen molar-refractivity contribution >= 4 is 11.0 Å². The van der Waals surface area contributed by atoms with E-state index in [9.17, 15) is 18.7 Å². The topological polar surface area (TPSA) is 82.2 Å². The number of aliphatic hydroxyl groups excluding tert-OH is 1. The van der Waals surface area contributed by atoms with Crippen LogP contribution in [0, 0.1) is 11.6 Å². The number of aromatic nitrogens is 4. The second-order valence-corrected chi connectivity index (χ2v) is 6.73. The number of nitrogens with zero attached hydrogens (tertiary/aromatic N) is 4. The Bertz CT molecular complexity index is 1220. The lowest BCUT2D eigenvalue weighted by molar-refractivity contribution is 0.0189. The molecule has 2 aromatic carbocycles. The second kappa shape index (κ2) is 8.52. The standard InChI is InChI=1S/C21H18F2N4O3/c22-15-5-7-16(8-6-15)27-20-18(9-25-27)21(29)26(13-24-20)10-17(28)12-30-11-14-3-1-2-4-19(14)23/h1-9,13,17,28H,10-12H2. The number of hydrogen-bond donors (Lipinski definition) is 1. The third-order valence-electron chi connectivity index (χ3n) is 4.56. The van der Waals surface area contributed by atoms with Crippen LogP contribution in [0.4, 0.5) is 8.78 Å². The normalized spacial score (nSPS) is 12.4. The van der Waals surface area contributed by atoms with Crippen LogP contribution < -0.4 is 5.56 Å². The fourth-order valence-electron chi connectivity index (χ4n) is 3.05. The number of rotatable bonds is 7. The monoisotopic (exact) mass is 412 g/mol. The van der Waals surface area contributed by atoms with Gasteiger partial charge < -0.3 is 9.84 Å². The van der Waals surface area contributed by atoms with Gasteiger partial charge in [0.25, 0.3) is 5.56 Å². The van der Waals surface area contributed by atoms with Crippen LogP contribution in [0.3, 0.4) is 0 Å². The summed E-state index contributed by atoms with van der Waals surface area (Å²) >= 11 is 0. The SMILES string of the molecule is O=c1c2cnn(-c3ccc(F)cc3)c2ncn1CC(O)COCc1ccccc1F. The highest BCUT2D eigenvalue weighted by Crippen LogP contribution is 2.14. The molecule has 9 heteroatoms. The van der Waals surface area contributed by atoms with Gasteiger partial charge in [0.05, 0.1) is 37.7 Å². The highest BCUT2D eigenvalue weighted by molar-refractivity contribution is 5.74. The second-order valence-electron chi connectivity index (χ2n) is 6.73. The minimum atomic E-state index is -0.985. The molecular formula is C21H18F2N4O3. The summed E-state index contributed by atoms with van der Waals surface area (Å²) in [6.07, 6.45) is 1.71. The van der Waals surface area contributed by atoms with E-state index in [1.165, 1.54) is 52.1 Å². The number of halogens is 2. The van der Waals surface area contributed by atoms with Crippen molar-refractivity contribution < 1.29 is 18.6 Å². The Morgan fingerprint density at radius 1 is 1.10 bits per heavy atom. The highest BCUT2D eigenvalue weighted by atomic mass is 19.1. The fourth-order valence-corrected chi connectivity index (χ4v) is 3.05. The van der Waals surface area contributed by atoms with Gasteiger partial charge in [0.2, 0.25) is 0 Å². The largest absolute Gasteiger partial charge is 0.389 e. The zero-order chi connectivity index (χ0) is 21.1. The molecule has 30 heavy (non-hydrogen) atoms. The van der Waals surface area contributed by atoms with E-state index in [4.69, 9.17) is 4.74 Å². The zero-order valence-electron chi connectivity index (χ0n) is 15.8. The first-order valence-electron chi connectivity index (χ1n) is 9.21. The maximum Gasteiger partial charge on any atom is 0.264 e. The Balaban J connectivity index is 1.45. The van der Waals surface area contributed by atoms with Gasteiger partial charge in [-0.15, -0.1) is 0 Å². The molecule has 4 aromatic rings. The van der Waals surface area contributed by atoms with E-state index in [-0.39, 0.29) is 42.3 Å². The van der Waals surface area contributed by atoms with Crippen molar-refractivity contribution in [1.82, 2.24) is 19.3 Å². The van der Waals surface area contributed by atoms with Gasteiger partial charge >= 0.3 is 0 Å². The van der Waals surface area contributed by atoms with E-state index in [0.29, 0.717) is 16.9 Å². The van der Waals surface area contributed by atoms with Crippen LogP contribution in [0.2, 0.25) is 0 Å². The predicted molar refractivity (Wildman–Crippen MR) is 105 cm³/mol. The Morgan fingerprint density at radius 2 is 1.87 bits per heavy atom. The summed E-state index contributed by atoms with van der Waals surface area (Å²) in [6, 6.07) is 11.9. The summed E-state index contributed by atoms with van der Waals surface area (Å²) in [5.41, 5.74) is 0.908. The quantitative estimate of drug-likeness (QED) is 0.504. The van der Waals surface area contributed by atoms with Crippen molar-refractivity contribution in [3.8, 4) is 5.69 Å². The fraction of sp³-hybridized carbons (Fsp3) is 0.190. The molecule has 0 bridgehead atoms. The van der Waals surface area contributed by atoms with Crippen molar-refractivity contribution in [2.24, 2.45) is 0 Å². The Morgan fingerprint density at radius 3 is 2.63 bits per heavy atom. The molecule has 0 aliphatic rings. The predicted octanol–water partition coefficient (Wildman–Crippen LogP) is 2.44. The molecule has 0 aliphatic heterocycles. The average molecular weight is 412 g/mol. The van der Waals surface area contributed by atoms with Crippen molar-refractivity contribution in [2.75, 3.05) is 6.61 Å². The molecule has 0 amide bonds. The maximum atomic E-state index is 13.6. The van der Waals surface area contributed by atoms with Crippen LogP contribution >= 0.6 is 0 Å². The molecule has 0 saturated carbocycles. The molecule has 0 aliphatic carbocycles. The first kappa shape index (κ1) is 19.9. The summed E-state index contributed by atoms with van der Waals surface area (Å²) in [5.74, 6) is -0.757. The average Bonchev–Trinajstić information content (AvgIpc) is 3.17. The third-order valence-corrected chi connectivity index (χ3v) is 4.56. The van der Waals surface area contributed by atoms with E-state index in [1.54, 1.807) is 18.2 Å². The van der Waals surface area contributed by atoms with Gasteiger partial charge in [-0.3, -0.25) is 9.36 Å². The van der Waals surface area contributed by atoms with E-state index in [1.807, 2.05) is 0 Å². The van der Waals surface area contributed by atoms with Crippen molar-refractivity contribution in [3.05, 3.63) is 88.6 Å². The Labute approximate surface area is 169 Å². The Kier molecular flexibility index (Phi) is 5.64. The third kappa shape index (κ3) is 4.12. The van der Waals surface area contributed by atoms with Crippen LogP contribution in [0.5, 0.6) is 0 Å². The molecule has 7 nitrogen and oxygen atoms in total. The van der Waals surface area contributed by atoms with Gasteiger partial charge in [0.1, 0.15) is 23.3 Å². The molecule has 4 rings (SSSR count). The molecule has 0 saturated heterocycles. The molecule has 2 aromatic heterocycles. The van der Waals surface area contributed by atoms with E-state index in [2.05, 4.69) is 10.1 Å². The summed E-state index contributed by atoms with van der Waals surface area (Å²) in [6.45, 7) is -0.102. The zero-order valence-corrected chi connectivity index (χ0v) is 15.8. The summed E-state index contributed by atoms with van der Waals surface area (Å²) in [4.78, 5) is 17.0. The van der Waals surface area contributed by atoms with Crippen LogP contribution in [0.1, 0.15) is 5.56 Å². The molecule has 2 heterocycles. The first-order valence-corrected chi connectivity index (χ1v) is 9.21. The number of ether oxygens (including phenoxy) is 1.